The third-order valence-corrected chi connectivity index (χ3v) is 3.63. The third kappa shape index (κ3) is 5.22. The zero-order valence-corrected chi connectivity index (χ0v) is 13.9. The summed E-state index contributed by atoms with van der Waals surface area (Å²) in [6, 6.07) is 8.77. The molecule has 0 aliphatic heterocycles. The monoisotopic (exact) mass is 329 g/mol. The number of unbranched alkanes of at least 4 members (excludes halogenated alkanes) is 4. The minimum absolute atomic E-state index is 0.0581. The van der Waals surface area contributed by atoms with Crippen molar-refractivity contribution < 1.29 is 14.6 Å². The Balaban J connectivity index is 1.96. The van der Waals surface area contributed by atoms with Gasteiger partial charge < -0.3 is 15.6 Å². The highest BCUT2D eigenvalue weighted by atomic mass is 16.5. The standard InChI is InChI=1S/C18H23N3O3/c1-2-3-4-5-6-11-24-14-9-7-13(8-10-14)15-12-16(17(22)23)21-18(19)20-15/h7-10,12H,2-6,11H2,1H3,(H,22,23)(H2,19,20,21). The molecule has 0 atom stereocenters. The molecule has 0 spiro atoms. The maximum absolute atomic E-state index is 11.0. The number of aromatic carboxylic acids is 1. The molecule has 0 fully saturated rings. The van der Waals surface area contributed by atoms with Gasteiger partial charge in [0, 0.05) is 5.56 Å². The van der Waals surface area contributed by atoms with Crippen LogP contribution in [0.3, 0.4) is 0 Å². The highest BCUT2D eigenvalue weighted by molar-refractivity contribution is 5.87. The summed E-state index contributed by atoms with van der Waals surface area (Å²) in [5, 5.41) is 9.03. The Morgan fingerprint density at radius 2 is 1.83 bits per heavy atom. The van der Waals surface area contributed by atoms with E-state index in [4.69, 9.17) is 15.6 Å². The second-order valence-corrected chi connectivity index (χ2v) is 5.59. The highest BCUT2D eigenvalue weighted by Gasteiger charge is 2.10. The fourth-order valence-corrected chi connectivity index (χ4v) is 2.34. The Labute approximate surface area is 141 Å². The first kappa shape index (κ1) is 17.7. The van der Waals surface area contributed by atoms with E-state index in [1.165, 1.54) is 31.7 Å². The van der Waals surface area contributed by atoms with Gasteiger partial charge in [-0.1, -0.05) is 32.6 Å². The number of carboxylic acid groups (broad SMARTS) is 1. The van der Waals surface area contributed by atoms with E-state index < -0.39 is 5.97 Å². The Hall–Kier alpha value is -2.63. The predicted octanol–water partition coefficient (Wildman–Crippen LogP) is 3.77. The molecule has 0 aliphatic carbocycles. The van der Waals surface area contributed by atoms with Crippen LogP contribution in [0.4, 0.5) is 5.95 Å². The van der Waals surface area contributed by atoms with Gasteiger partial charge in [-0.05, 0) is 36.8 Å². The molecule has 2 rings (SSSR count). The van der Waals surface area contributed by atoms with Crippen molar-refractivity contribution in [2.45, 2.75) is 39.0 Å². The van der Waals surface area contributed by atoms with E-state index in [1.807, 2.05) is 24.3 Å². The van der Waals surface area contributed by atoms with Crippen LogP contribution in [0.15, 0.2) is 30.3 Å². The Morgan fingerprint density at radius 1 is 1.12 bits per heavy atom. The number of nitrogens with two attached hydrogens (primary N) is 1. The lowest BCUT2D eigenvalue weighted by atomic mass is 10.1. The molecule has 0 saturated heterocycles. The Bertz CT molecular complexity index is 672. The van der Waals surface area contributed by atoms with Crippen LogP contribution in [0.1, 0.15) is 49.5 Å². The summed E-state index contributed by atoms with van der Waals surface area (Å²) in [5.41, 5.74) is 6.69. The average Bonchev–Trinajstić information content (AvgIpc) is 2.58. The number of aromatic nitrogens is 2. The summed E-state index contributed by atoms with van der Waals surface area (Å²) in [5.74, 6) is -0.402. The van der Waals surface area contributed by atoms with Crippen molar-refractivity contribution in [3.8, 4) is 17.0 Å². The van der Waals surface area contributed by atoms with Crippen LogP contribution in [0.2, 0.25) is 0 Å². The van der Waals surface area contributed by atoms with E-state index in [0.29, 0.717) is 12.3 Å². The summed E-state index contributed by atoms with van der Waals surface area (Å²) in [6.07, 6.45) is 5.99. The van der Waals surface area contributed by atoms with Crippen LogP contribution in [0, 0.1) is 0 Å². The molecule has 0 saturated carbocycles. The van der Waals surface area contributed by atoms with E-state index in [1.54, 1.807) is 0 Å². The lowest BCUT2D eigenvalue weighted by Gasteiger charge is -2.08. The van der Waals surface area contributed by atoms with Crippen molar-refractivity contribution in [2.75, 3.05) is 12.3 Å². The molecular weight excluding hydrogens is 306 g/mol. The molecule has 6 heteroatoms. The number of nitrogen functional groups attached to an aromatic ring is 1. The predicted molar refractivity (Wildman–Crippen MR) is 93.1 cm³/mol. The molecule has 1 heterocycles. The molecule has 2 aromatic rings. The normalized spacial score (nSPS) is 10.5. The van der Waals surface area contributed by atoms with Crippen molar-refractivity contribution in [3.63, 3.8) is 0 Å². The number of carboxylic acids is 1. The smallest absolute Gasteiger partial charge is 0.354 e. The van der Waals surface area contributed by atoms with E-state index in [2.05, 4.69) is 16.9 Å². The van der Waals surface area contributed by atoms with Gasteiger partial charge in [0.05, 0.1) is 12.3 Å². The quantitative estimate of drug-likeness (QED) is 0.679. The largest absolute Gasteiger partial charge is 0.494 e. The first-order chi connectivity index (χ1) is 11.6. The molecule has 0 amide bonds. The first-order valence-corrected chi connectivity index (χ1v) is 8.21. The zero-order valence-electron chi connectivity index (χ0n) is 13.9. The summed E-state index contributed by atoms with van der Waals surface area (Å²) in [7, 11) is 0. The van der Waals surface area contributed by atoms with Crippen LogP contribution in [-0.4, -0.2) is 27.7 Å². The van der Waals surface area contributed by atoms with Gasteiger partial charge in [-0.25, -0.2) is 14.8 Å². The number of ether oxygens (including phenoxy) is 1. The topological polar surface area (TPSA) is 98.3 Å². The number of benzene rings is 1. The van der Waals surface area contributed by atoms with Crippen LogP contribution < -0.4 is 10.5 Å². The van der Waals surface area contributed by atoms with Gasteiger partial charge in [0.15, 0.2) is 5.69 Å². The van der Waals surface area contributed by atoms with Crippen LogP contribution in [0.5, 0.6) is 5.75 Å². The van der Waals surface area contributed by atoms with Crippen molar-refractivity contribution in [2.24, 2.45) is 0 Å². The molecule has 6 nitrogen and oxygen atoms in total. The highest BCUT2D eigenvalue weighted by Crippen LogP contribution is 2.22. The van der Waals surface area contributed by atoms with Crippen LogP contribution in [0.25, 0.3) is 11.3 Å². The molecule has 1 aromatic heterocycles. The Kier molecular flexibility index (Phi) is 6.54. The van der Waals surface area contributed by atoms with Crippen LogP contribution >= 0.6 is 0 Å². The second kappa shape index (κ2) is 8.86. The van der Waals surface area contributed by atoms with Gasteiger partial charge in [0.25, 0.3) is 0 Å². The summed E-state index contributed by atoms with van der Waals surface area (Å²) >= 11 is 0. The molecule has 0 aliphatic rings. The average molecular weight is 329 g/mol. The van der Waals surface area contributed by atoms with Crippen LogP contribution in [-0.2, 0) is 0 Å². The number of hydrogen-bond donors (Lipinski definition) is 2. The fourth-order valence-electron chi connectivity index (χ4n) is 2.34. The van der Waals surface area contributed by atoms with Crippen molar-refractivity contribution >= 4 is 11.9 Å². The maximum atomic E-state index is 11.0. The molecule has 24 heavy (non-hydrogen) atoms. The van der Waals surface area contributed by atoms with Gasteiger partial charge in [0.2, 0.25) is 5.95 Å². The van der Waals surface area contributed by atoms with Crippen molar-refractivity contribution in [1.29, 1.82) is 0 Å². The molecule has 128 valence electrons. The summed E-state index contributed by atoms with van der Waals surface area (Å²) in [4.78, 5) is 18.8. The molecule has 0 unspecified atom stereocenters. The van der Waals surface area contributed by atoms with Gasteiger partial charge in [0.1, 0.15) is 5.75 Å². The molecule has 1 aromatic carbocycles. The van der Waals surface area contributed by atoms with Gasteiger partial charge >= 0.3 is 5.97 Å². The van der Waals surface area contributed by atoms with Gasteiger partial charge in [-0.3, -0.25) is 0 Å². The maximum Gasteiger partial charge on any atom is 0.354 e. The number of hydrogen-bond acceptors (Lipinski definition) is 5. The lowest BCUT2D eigenvalue weighted by molar-refractivity contribution is 0.0690. The van der Waals surface area contributed by atoms with E-state index >= 15 is 0 Å². The molecule has 0 radical (unpaired) electrons. The van der Waals surface area contributed by atoms with Gasteiger partial charge in [-0.2, -0.15) is 0 Å². The minimum Gasteiger partial charge on any atom is -0.494 e. The van der Waals surface area contributed by atoms with Crippen molar-refractivity contribution in [3.05, 3.63) is 36.0 Å². The fraction of sp³-hybridized carbons (Fsp3) is 0.389. The minimum atomic E-state index is -1.13. The van der Waals surface area contributed by atoms with E-state index in [-0.39, 0.29) is 11.6 Å². The zero-order chi connectivity index (χ0) is 17.4. The summed E-state index contributed by atoms with van der Waals surface area (Å²) in [6.45, 7) is 2.90. The lowest BCUT2D eigenvalue weighted by Crippen LogP contribution is -2.06. The summed E-state index contributed by atoms with van der Waals surface area (Å²) < 4.78 is 5.71. The molecule has 0 bridgehead atoms. The number of anilines is 1. The number of rotatable bonds is 9. The number of nitrogens with zero attached hydrogens (tertiary/aromatic N) is 2. The third-order valence-electron chi connectivity index (χ3n) is 3.63. The van der Waals surface area contributed by atoms with Gasteiger partial charge in [-0.15, -0.1) is 0 Å². The molecular formula is C18H23N3O3. The van der Waals surface area contributed by atoms with Crippen molar-refractivity contribution in [1.82, 2.24) is 9.97 Å². The first-order valence-electron chi connectivity index (χ1n) is 8.21. The Morgan fingerprint density at radius 3 is 2.50 bits per heavy atom. The number of carbonyl (C=O) groups is 1. The molecule has 3 N–H and O–H groups in total. The van der Waals surface area contributed by atoms with E-state index in [0.717, 1.165) is 17.7 Å². The van der Waals surface area contributed by atoms with E-state index in [9.17, 15) is 4.79 Å². The second-order valence-electron chi connectivity index (χ2n) is 5.59. The SMILES string of the molecule is CCCCCCCOc1ccc(-c2cc(C(=O)O)nc(N)n2)cc1.